The van der Waals surface area contributed by atoms with Crippen LogP contribution in [-0.2, 0) is 0 Å². The van der Waals surface area contributed by atoms with E-state index in [4.69, 9.17) is 9.84 Å². The summed E-state index contributed by atoms with van der Waals surface area (Å²) < 4.78 is 5.39. The maximum atomic E-state index is 9.16. The first-order valence-electron chi connectivity index (χ1n) is 3.83. The standard InChI is InChI=1S/C9H9BrO2/c10-4-6-5-12-9-3-7(11)1-2-8(6)9/h1-3,6,11H,4-5H2. The fraction of sp³-hybridized carbons (Fsp3) is 0.333. The van der Waals surface area contributed by atoms with Gasteiger partial charge in [0.1, 0.15) is 11.5 Å². The lowest BCUT2D eigenvalue weighted by Crippen LogP contribution is -2.00. The molecule has 1 heterocycles. The van der Waals surface area contributed by atoms with Crippen molar-refractivity contribution in [3.05, 3.63) is 23.8 Å². The number of fused-ring (bicyclic) bond motifs is 1. The molecule has 0 fully saturated rings. The predicted molar refractivity (Wildman–Crippen MR) is 50.1 cm³/mol. The summed E-state index contributed by atoms with van der Waals surface area (Å²) in [6.07, 6.45) is 0. The highest BCUT2D eigenvalue weighted by Crippen LogP contribution is 2.36. The van der Waals surface area contributed by atoms with E-state index in [1.807, 2.05) is 6.07 Å². The number of alkyl halides is 1. The van der Waals surface area contributed by atoms with Gasteiger partial charge in [0.05, 0.1) is 6.61 Å². The lowest BCUT2D eigenvalue weighted by atomic mass is 10.0. The van der Waals surface area contributed by atoms with E-state index in [-0.39, 0.29) is 5.75 Å². The molecule has 0 aromatic heterocycles. The minimum Gasteiger partial charge on any atom is -0.508 e. The molecule has 0 saturated heterocycles. The first kappa shape index (κ1) is 7.92. The zero-order valence-electron chi connectivity index (χ0n) is 6.46. The van der Waals surface area contributed by atoms with E-state index in [0.29, 0.717) is 12.5 Å². The summed E-state index contributed by atoms with van der Waals surface area (Å²) >= 11 is 3.42. The van der Waals surface area contributed by atoms with Crippen molar-refractivity contribution in [2.45, 2.75) is 5.92 Å². The lowest BCUT2D eigenvalue weighted by molar-refractivity contribution is 0.337. The van der Waals surface area contributed by atoms with Gasteiger partial charge in [0.25, 0.3) is 0 Å². The van der Waals surface area contributed by atoms with Crippen molar-refractivity contribution in [2.24, 2.45) is 0 Å². The van der Waals surface area contributed by atoms with Gasteiger partial charge in [-0.25, -0.2) is 0 Å². The van der Waals surface area contributed by atoms with E-state index in [1.54, 1.807) is 12.1 Å². The third kappa shape index (κ3) is 1.18. The molecule has 1 aromatic carbocycles. The zero-order chi connectivity index (χ0) is 8.55. The van der Waals surface area contributed by atoms with Crippen LogP contribution in [0.2, 0.25) is 0 Å². The van der Waals surface area contributed by atoms with Gasteiger partial charge in [0, 0.05) is 22.9 Å². The number of hydrogen-bond acceptors (Lipinski definition) is 2. The molecule has 0 saturated carbocycles. The third-order valence-corrected chi connectivity index (χ3v) is 2.84. The summed E-state index contributed by atoms with van der Waals surface area (Å²) in [6, 6.07) is 5.28. The Bertz CT molecular complexity index is 299. The Morgan fingerprint density at radius 3 is 3.17 bits per heavy atom. The molecule has 0 aliphatic carbocycles. The van der Waals surface area contributed by atoms with E-state index in [9.17, 15) is 0 Å². The Morgan fingerprint density at radius 2 is 2.42 bits per heavy atom. The highest BCUT2D eigenvalue weighted by atomic mass is 79.9. The van der Waals surface area contributed by atoms with Crippen LogP contribution in [0.4, 0.5) is 0 Å². The van der Waals surface area contributed by atoms with Gasteiger partial charge in [-0.05, 0) is 6.07 Å². The van der Waals surface area contributed by atoms with E-state index < -0.39 is 0 Å². The molecule has 1 atom stereocenters. The van der Waals surface area contributed by atoms with Crippen LogP contribution in [0.1, 0.15) is 11.5 Å². The Balaban J connectivity index is 2.40. The zero-order valence-corrected chi connectivity index (χ0v) is 8.04. The second-order valence-corrected chi connectivity index (χ2v) is 3.53. The summed E-state index contributed by atoms with van der Waals surface area (Å²) in [7, 11) is 0. The van der Waals surface area contributed by atoms with Crippen LogP contribution in [0.3, 0.4) is 0 Å². The Hall–Kier alpha value is -0.700. The van der Waals surface area contributed by atoms with Gasteiger partial charge in [-0.3, -0.25) is 0 Å². The van der Waals surface area contributed by atoms with Crippen LogP contribution in [0.15, 0.2) is 18.2 Å². The van der Waals surface area contributed by atoms with Crippen molar-refractivity contribution >= 4 is 15.9 Å². The quantitative estimate of drug-likeness (QED) is 0.748. The Labute approximate surface area is 79.3 Å². The molecule has 0 amide bonds. The van der Waals surface area contributed by atoms with Gasteiger partial charge >= 0.3 is 0 Å². The molecule has 0 spiro atoms. The third-order valence-electron chi connectivity index (χ3n) is 2.06. The number of rotatable bonds is 1. The number of benzene rings is 1. The number of phenols is 1. The number of aromatic hydroxyl groups is 1. The molecular weight excluding hydrogens is 220 g/mol. The first-order chi connectivity index (χ1) is 5.81. The van der Waals surface area contributed by atoms with Crippen molar-refractivity contribution < 1.29 is 9.84 Å². The molecule has 1 aliphatic rings. The average Bonchev–Trinajstić information content (AvgIpc) is 2.46. The SMILES string of the molecule is Oc1ccc2c(c1)OCC2CBr. The average molecular weight is 229 g/mol. The monoisotopic (exact) mass is 228 g/mol. The number of hydrogen-bond donors (Lipinski definition) is 1. The van der Waals surface area contributed by atoms with Gasteiger partial charge in [-0.2, -0.15) is 0 Å². The second-order valence-electron chi connectivity index (χ2n) is 2.88. The summed E-state index contributed by atoms with van der Waals surface area (Å²) in [5.41, 5.74) is 1.18. The molecule has 1 N–H and O–H groups in total. The van der Waals surface area contributed by atoms with Crippen LogP contribution in [-0.4, -0.2) is 17.0 Å². The van der Waals surface area contributed by atoms with Crippen molar-refractivity contribution in [1.82, 2.24) is 0 Å². The van der Waals surface area contributed by atoms with Gasteiger partial charge in [-0.15, -0.1) is 0 Å². The highest BCUT2D eigenvalue weighted by molar-refractivity contribution is 9.09. The normalized spacial score (nSPS) is 20.2. The molecule has 0 bridgehead atoms. The maximum Gasteiger partial charge on any atom is 0.126 e. The largest absolute Gasteiger partial charge is 0.508 e. The second kappa shape index (κ2) is 2.98. The molecule has 2 rings (SSSR count). The minimum absolute atomic E-state index is 0.268. The predicted octanol–water partition coefficient (Wildman–Crippen LogP) is 2.26. The topological polar surface area (TPSA) is 29.5 Å². The highest BCUT2D eigenvalue weighted by Gasteiger charge is 2.22. The molecule has 64 valence electrons. The number of halogens is 1. The van der Waals surface area contributed by atoms with Gasteiger partial charge < -0.3 is 9.84 Å². The van der Waals surface area contributed by atoms with Crippen LogP contribution in [0.25, 0.3) is 0 Å². The molecular formula is C9H9BrO2. The number of phenolic OH excluding ortho intramolecular Hbond substituents is 1. The maximum absolute atomic E-state index is 9.16. The fourth-order valence-electron chi connectivity index (χ4n) is 1.39. The van der Waals surface area contributed by atoms with E-state index in [1.165, 1.54) is 5.56 Å². The van der Waals surface area contributed by atoms with E-state index >= 15 is 0 Å². The Kier molecular flexibility index (Phi) is 1.97. The van der Waals surface area contributed by atoms with Gasteiger partial charge in [-0.1, -0.05) is 22.0 Å². The van der Waals surface area contributed by atoms with Crippen LogP contribution < -0.4 is 4.74 Å². The molecule has 1 unspecified atom stereocenters. The van der Waals surface area contributed by atoms with Crippen molar-refractivity contribution in [3.63, 3.8) is 0 Å². The van der Waals surface area contributed by atoms with E-state index in [0.717, 1.165) is 11.1 Å². The van der Waals surface area contributed by atoms with Gasteiger partial charge in [0.2, 0.25) is 0 Å². The lowest BCUT2D eigenvalue weighted by Gasteiger charge is -2.01. The summed E-state index contributed by atoms with van der Waals surface area (Å²) in [6.45, 7) is 0.712. The van der Waals surface area contributed by atoms with Crippen LogP contribution >= 0.6 is 15.9 Å². The van der Waals surface area contributed by atoms with Crippen molar-refractivity contribution in [2.75, 3.05) is 11.9 Å². The summed E-state index contributed by atoms with van der Waals surface area (Å²) in [5.74, 6) is 1.52. The van der Waals surface area contributed by atoms with Gasteiger partial charge in [0.15, 0.2) is 0 Å². The number of ether oxygens (including phenoxy) is 1. The molecule has 1 aromatic rings. The fourth-order valence-corrected chi connectivity index (χ4v) is 1.93. The molecule has 3 heteroatoms. The molecule has 1 aliphatic heterocycles. The minimum atomic E-state index is 0.268. The van der Waals surface area contributed by atoms with Crippen molar-refractivity contribution in [1.29, 1.82) is 0 Å². The van der Waals surface area contributed by atoms with Crippen molar-refractivity contribution in [3.8, 4) is 11.5 Å². The smallest absolute Gasteiger partial charge is 0.126 e. The first-order valence-corrected chi connectivity index (χ1v) is 4.95. The van der Waals surface area contributed by atoms with Crippen LogP contribution in [0.5, 0.6) is 11.5 Å². The molecule has 2 nitrogen and oxygen atoms in total. The molecule has 12 heavy (non-hydrogen) atoms. The molecule has 0 radical (unpaired) electrons. The Morgan fingerprint density at radius 1 is 1.58 bits per heavy atom. The van der Waals surface area contributed by atoms with E-state index in [2.05, 4.69) is 15.9 Å². The summed E-state index contributed by atoms with van der Waals surface area (Å²) in [4.78, 5) is 0. The van der Waals surface area contributed by atoms with Crippen LogP contribution in [0, 0.1) is 0 Å². The summed E-state index contributed by atoms with van der Waals surface area (Å²) in [5, 5.41) is 10.1.